The van der Waals surface area contributed by atoms with Gasteiger partial charge in [-0.3, -0.25) is 9.78 Å². The van der Waals surface area contributed by atoms with Gasteiger partial charge in [0.05, 0.1) is 6.54 Å². The summed E-state index contributed by atoms with van der Waals surface area (Å²) in [6, 6.07) is 9.22. The van der Waals surface area contributed by atoms with Crippen LogP contribution in [0.25, 0.3) is 0 Å². The first-order valence-corrected chi connectivity index (χ1v) is 5.77. The molecule has 88 valence electrons. The van der Waals surface area contributed by atoms with Crippen molar-refractivity contribution in [2.75, 3.05) is 0 Å². The van der Waals surface area contributed by atoms with E-state index in [1.807, 2.05) is 24.4 Å². The molecule has 0 saturated carbocycles. The molecule has 0 saturated heterocycles. The summed E-state index contributed by atoms with van der Waals surface area (Å²) in [5.74, 6) is 0.434. The van der Waals surface area contributed by atoms with Crippen LogP contribution in [0.1, 0.15) is 31.0 Å². The Morgan fingerprint density at radius 1 is 1.24 bits per heavy atom. The summed E-state index contributed by atoms with van der Waals surface area (Å²) in [4.78, 5) is 15.9. The highest BCUT2D eigenvalue weighted by Crippen LogP contribution is 2.11. The predicted octanol–water partition coefficient (Wildman–Crippen LogP) is 2.42. The largest absolute Gasteiger partial charge is 0.311 e. The zero-order valence-corrected chi connectivity index (χ0v) is 10.1. The first kappa shape index (κ1) is 11.6. The van der Waals surface area contributed by atoms with Crippen molar-refractivity contribution in [3.05, 3.63) is 64.3 Å². The molecule has 0 aromatic carbocycles. The van der Waals surface area contributed by atoms with Gasteiger partial charge in [0.15, 0.2) is 0 Å². The maximum absolute atomic E-state index is 11.5. The molecule has 0 bridgehead atoms. The SMILES string of the molecule is CC(C)c1ccc(Cn2ccccc2=O)cn1. The maximum atomic E-state index is 11.5. The molecule has 2 rings (SSSR count). The van der Waals surface area contributed by atoms with Gasteiger partial charge in [-0.15, -0.1) is 0 Å². The first-order chi connectivity index (χ1) is 8.16. The van der Waals surface area contributed by atoms with Crippen LogP contribution in [0.5, 0.6) is 0 Å². The lowest BCUT2D eigenvalue weighted by atomic mass is 10.1. The minimum Gasteiger partial charge on any atom is -0.311 e. The average Bonchev–Trinajstić information content (AvgIpc) is 2.33. The fraction of sp³-hybridized carbons (Fsp3) is 0.286. The topological polar surface area (TPSA) is 34.9 Å². The highest BCUT2D eigenvalue weighted by molar-refractivity contribution is 5.16. The smallest absolute Gasteiger partial charge is 0.250 e. The molecule has 2 aromatic heterocycles. The summed E-state index contributed by atoms with van der Waals surface area (Å²) in [5.41, 5.74) is 2.14. The summed E-state index contributed by atoms with van der Waals surface area (Å²) in [6.45, 7) is 4.80. The van der Waals surface area contributed by atoms with E-state index in [-0.39, 0.29) is 5.56 Å². The second kappa shape index (κ2) is 4.95. The van der Waals surface area contributed by atoms with Crippen molar-refractivity contribution in [2.24, 2.45) is 0 Å². The average molecular weight is 228 g/mol. The molecule has 0 spiro atoms. The van der Waals surface area contributed by atoms with Gasteiger partial charge in [0.1, 0.15) is 0 Å². The van der Waals surface area contributed by atoms with E-state index in [0.717, 1.165) is 11.3 Å². The second-order valence-corrected chi connectivity index (χ2v) is 4.41. The number of nitrogens with zero attached hydrogens (tertiary/aromatic N) is 2. The summed E-state index contributed by atoms with van der Waals surface area (Å²) in [6.07, 6.45) is 3.63. The Hall–Kier alpha value is -1.90. The van der Waals surface area contributed by atoms with Gasteiger partial charge in [0, 0.05) is 24.2 Å². The van der Waals surface area contributed by atoms with Crippen LogP contribution in [-0.2, 0) is 6.54 Å². The molecule has 0 radical (unpaired) electrons. The zero-order valence-electron chi connectivity index (χ0n) is 10.1. The van der Waals surface area contributed by atoms with Crippen molar-refractivity contribution < 1.29 is 0 Å². The van der Waals surface area contributed by atoms with Crippen LogP contribution in [-0.4, -0.2) is 9.55 Å². The third-order valence-electron chi connectivity index (χ3n) is 2.69. The molecule has 0 atom stereocenters. The van der Waals surface area contributed by atoms with Crippen LogP contribution in [0.15, 0.2) is 47.5 Å². The quantitative estimate of drug-likeness (QED) is 0.808. The molecule has 0 N–H and O–H groups in total. The van der Waals surface area contributed by atoms with E-state index in [1.165, 1.54) is 0 Å². The van der Waals surface area contributed by atoms with Gasteiger partial charge < -0.3 is 4.57 Å². The number of pyridine rings is 2. The monoisotopic (exact) mass is 228 g/mol. The lowest BCUT2D eigenvalue weighted by Gasteiger charge is -2.07. The number of hydrogen-bond donors (Lipinski definition) is 0. The van der Waals surface area contributed by atoms with Crippen LogP contribution >= 0.6 is 0 Å². The molecule has 0 unspecified atom stereocenters. The van der Waals surface area contributed by atoms with Crippen molar-refractivity contribution in [2.45, 2.75) is 26.3 Å². The van der Waals surface area contributed by atoms with Crippen molar-refractivity contribution in [3.8, 4) is 0 Å². The summed E-state index contributed by atoms with van der Waals surface area (Å²) in [7, 11) is 0. The molecule has 0 amide bonds. The van der Waals surface area contributed by atoms with Crippen LogP contribution < -0.4 is 5.56 Å². The third-order valence-corrected chi connectivity index (χ3v) is 2.69. The highest BCUT2D eigenvalue weighted by Gasteiger charge is 2.01. The Bertz CT molecular complexity index is 541. The number of rotatable bonds is 3. The van der Waals surface area contributed by atoms with E-state index in [9.17, 15) is 4.79 Å². The van der Waals surface area contributed by atoms with Gasteiger partial charge >= 0.3 is 0 Å². The standard InChI is InChI=1S/C14H16N2O/c1-11(2)13-7-6-12(9-15-13)10-16-8-4-3-5-14(16)17/h3-9,11H,10H2,1-2H3. The Morgan fingerprint density at radius 2 is 2.06 bits per heavy atom. The van der Waals surface area contributed by atoms with Gasteiger partial charge in [-0.2, -0.15) is 0 Å². The molecule has 0 fully saturated rings. The molecule has 3 heteroatoms. The van der Waals surface area contributed by atoms with E-state index >= 15 is 0 Å². The van der Waals surface area contributed by atoms with Crippen LogP contribution in [0.3, 0.4) is 0 Å². The van der Waals surface area contributed by atoms with Crippen LogP contribution in [0, 0.1) is 0 Å². The maximum Gasteiger partial charge on any atom is 0.250 e. The molecular formula is C14H16N2O. The van der Waals surface area contributed by atoms with Crippen molar-refractivity contribution in [1.82, 2.24) is 9.55 Å². The van der Waals surface area contributed by atoms with Crippen molar-refractivity contribution in [3.63, 3.8) is 0 Å². The Kier molecular flexibility index (Phi) is 3.38. The van der Waals surface area contributed by atoms with Crippen LogP contribution in [0.2, 0.25) is 0 Å². The first-order valence-electron chi connectivity index (χ1n) is 5.77. The second-order valence-electron chi connectivity index (χ2n) is 4.41. The minimum absolute atomic E-state index is 0.0143. The summed E-state index contributed by atoms with van der Waals surface area (Å²) in [5, 5.41) is 0. The molecular weight excluding hydrogens is 212 g/mol. The predicted molar refractivity (Wildman–Crippen MR) is 68.1 cm³/mol. The van der Waals surface area contributed by atoms with Crippen molar-refractivity contribution in [1.29, 1.82) is 0 Å². The number of aromatic nitrogens is 2. The van der Waals surface area contributed by atoms with E-state index in [2.05, 4.69) is 18.8 Å². The number of hydrogen-bond acceptors (Lipinski definition) is 2. The minimum atomic E-state index is 0.0143. The molecule has 0 aliphatic carbocycles. The molecule has 17 heavy (non-hydrogen) atoms. The van der Waals surface area contributed by atoms with E-state index in [0.29, 0.717) is 12.5 Å². The fourth-order valence-corrected chi connectivity index (χ4v) is 1.66. The molecule has 2 aromatic rings. The molecule has 2 heterocycles. The summed E-state index contributed by atoms with van der Waals surface area (Å²) >= 11 is 0. The van der Waals surface area contributed by atoms with Gasteiger partial charge in [0.25, 0.3) is 5.56 Å². The molecule has 0 aliphatic heterocycles. The van der Waals surface area contributed by atoms with Gasteiger partial charge in [-0.05, 0) is 23.6 Å². The Balaban J connectivity index is 2.20. The lowest BCUT2D eigenvalue weighted by molar-refractivity contribution is 0.749. The lowest BCUT2D eigenvalue weighted by Crippen LogP contribution is -2.18. The van der Waals surface area contributed by atoms with Gasteiger partial charge in [-0.1, -0.05) is 26.0 Å². The third kappa shape index (κ3) is 2.81. The van der Waals surface area contributed by atoms with E-state index in [4.69, 9.17) is 0 Å². The Labute approximate surface area is 101 Å². The van der Waals surface area contributed by atoms with E-state index in [1.54, 1.807) is 22.9 Å². The fourth-order valence-electron chi connectivity index (χ4n) is 1.66. The zero-order chi connectivity index (χ0) is 12.3. The van der Waals surface area contributed by atoms with Crippen LogP contribution in [0.4, 0.5) is 0 Å². The van der Waals surface area contributed by atoms with Gasteiger partial charge in [-0.25, -0.2) is 0 Å². The van der Waals surface area contributed by atoms with Gasteiger partial charge in [0.2, 0.25) is 0 Å². The highest BCUT2D eigenvalue weighted by atomic mass is 16.1. The molecule has 3 nitrogen and oxygen atoms in total. The Morgan fingerprint density at radius 3 is 2.65 bits per heavy atom. The van der Waals surface area contributed by atoms with Crippen molar-refractivity contribution >= 4 is 0 Å². The molecule has 0 aliphatic rings. The normalized spacial score (nSPS) is 10.8. The van der Waals surface area contributed by atoms with E-state index < -0.39 is 0 Å². The summed E-state index contributed by atoms with van der Waals surface area (Å²) < 4.78 is 1.67.